The Bertz CT molecular complexity index is 489. The largest absolute Gasteiger partial charge is 0.465 e. The highest BCUT2D eigenvalue weighted by molar-refractivity contribution is 5.97. The van der Waals surface area contributed by atoms with Crippen LogP contribution < -0.4 is 0 Å². The summed E-state index contributed by atoms with van der Waals surface area (Å²) in [6.07, 6.45) is 0. The van der Waals surface area contributed by atoms with E-state index in [9.17, 15) is 4.79 Å². The topological polar surface area (TPSA) is 26.3 Å². The lowest BCUT2D eigenvalue weighted by molar-refractivity contribution is 0.0601. The van der Waals surface area contributed by atoms with Crippen LogP contribution in [0.2, 0.25) is 0 Å². The van der Waals surface area contributed by atoms with Crippen molar-refractivity contribution in [3.8, 4) is 11.1 Å². The van der Waals surface area contributed by atoms with Gasteiger partial charge in [0.05, 0.1) is 12.7 Å². The van der Waals surface area contributed by atoms with Gasteiger partial charge in [0, 0.05) is 0 Å². The highest BCUT2D eigenvalue weighted by Gasteiger charge is 2.11. The Labute approximate surface area is 94.5 Å². The van der Waals surface area contributed by atoms with E-state index in [-0.39, 0.29) is 5.97 Å². The van der Waals surface area contributed by atoms with Gasteiger partial charge in [-0.05, 0) is 23.3 Å². The normalized spacial score (nSPS) is 9.81. The smallest absolute Gasteiger partial charge is 0.338 e. The first-order valence-corrected chi connectivity index (χ1v) is 4.97. The van der Waals surface area contributed by atoms with Gasteiger partial charge < -0.3 is 4.74 Å². The highest BCUT2D eigenvalue weighted by Crippen LogP contribution is 2.23. The van der Waals surface area contributed by atoms with Crippen molar-refractivity contribution in [1.29, 1.82) is 0 Å². The lowest BCUT2D eigenvalue weighted by Gasteiger charge is -2.06. The van der Waals surface area contributed by atoms with E-state index in [1.54, 1.807) is 6.07 Å². The summed E-state index contributed by atoms with van der Waals surface area (Å²) in [5, 5.41) is 0. The molecule has 2 aromatic carbocycles. The van der Waals surface area contributed by atoms with Crippen LogP contribution in [0.5, 0.6) is 0 Å². The van der Waals surface area contributed by atoms with Gasteiger partial charge in [0.1, 0.15) is 0 Å². The Morgan fingerprint density at radius 3 is 2.56 bits per heavy atom. The van der Waals surface area contributed by atoms with Gasteiger partial charge in [0.25, 0.3) is 0 Å². The number of carbonyl (C=O) groups is 1. The standard InChI is InChI=1S/C14H11O2/c1-16-14(15)13-10-6-5-9-12(13)11-7-3-2-4-8-11/h2-7,9-10H,1H3. The van der Waals surface area contributed by atoms with Crippen molar-refractivity contribution in [2.75, 3.05) is 7.11 Å². The van der Waals surface area contributed by atoms with Gasteiger partial charge in [0.2, 0.25) is 0 Å². The number of ether oxygens (including phenoxy) is 1. The molecular formula is C14H11O2. The van der Waals surface area contributed by atoms with Crippen LogP contribution in [0.1, 0.15) is 10.4 Å². The zero-order chi connectivity index (χ0) is 11.4. The fraction of sp³-hybridized carbons (Fsp3) is 0.0714. The molecule has 0 amide bonds. The molecule has 0 bridgehead atoms. The first-order chi connectivity index (χ1) is 7.83. The molecule has 0 aliphatic rings. The molecule has 2 nitrogen and oxygen atoms in total. The van der Waals surface area contributed by atoms with E-state index in [1.807, 2.05) is 42.5 Å². The predicted octanol–water partition coefficient (Wildman–Crippen LogP) is 2.94. The van der Waals surface area contributed by atoms with Crippen molar-refractivity contribution >= 4 is 5.97 Å². The van der Waals surface area contributed by atoms with Gasteiger partial charge in [-0.1, -0.05) is 42.5 Å². The Balaban J connectivity index is 2.53. The minimum Gasteiger partial charge on any atom is -0.465 e. The summed E-state index contributed by atoms with van der Waals surface area (Å²) in [6, 6.07) is 18.0. The summed E-state index contributed by atoms with van der Waals surface area (Å²) >= 11 is 0. The molecule has 0 spiro atoms. The monoisotopic (exact) mass is 211 g/mol. The predicted molar refractivity (Wildman–Crippen MR) is 62.1 cm³/mol. The fourth-order valence-electron chi connectivity index (χ4n) is 1.57. The molecule has 0 saturated heterocycles. The van der Waals surface area contributed by atoms with Crippen LogP contribution in [-0.4, -0.2) is 13.1 Å². The lowest BCUT2D eigenvalue weighted by atomic mass is 10.00. The van der Waals surface area contributed by atoms with Gasteiger partial charge in [-0.25, -0.2) is 4.79 Å². The molecule has 0 unspecified atom stereocenters. The van der Waals surface area contributed by atoms with Crippen molar-refractivity contribution in [2.24, 2.45) is 0 Å². The molecule has 0 atom stereocenters. The van der Waals surface area contributed by atoms with Crippen molar-refractivity contribution < 1.29 is 9.53 Å². The summed E-state index contributed by atoms with van der Waals surface area (Å²) < 4.78 is 4.75. The summed E-state index contributed by atoms with van der Waals surface area (Å²) in [4.78, 5) is 11.6. The number of esters is 1. The van der Waals surface area contributed by atoms with Gasteiger partial charge in [-0.2, -0.15) is 0 Å². The molecule has 0 aliphatic heterocycles. The molecule has 0 N–H and O–H groups in total. The zero-order valence-corrected chi connectivity index (χ0v) is 8.94. The highest BCUT2D eigenvalue weighted by atomic mass is 16.5. The Kier molecular flexibility index (Phi) is 3.01. The molecule has 2 aromatic rings. The van der Waals surface area contributed by atoms with E-state index in [1.165, 1.54) is 7.11 Å². The average molecular weight is 211 g/mol. The maximum atomic E-state index is 11.6. The van der Waals surface area contributed by atoms with Crippen LogP contribution >= 0.6 is 0 Å². The average Bonchev–Trinajstić information content (AvgIpc) is 2.39. The van der Waals surface area contributed by atoms with Crippen LogP contribution in [0.4, 0.5) is 0 Å². The van der Waals surface area contributed by atoms with E-state index < -0.39 is 0 Å². The Morgan fingerprint density at radius 1 is 1.12 bits per heavy atom. The summed E-state index contributed by atoms with van der Waals surface area (Å²) in [5.74, 6) is -0.326. The third-order valence-corrected chi connectivity index (χ3v) is 2.33. The molecule has 16 heavy (non-hydrogen) atoms. The molecule has 0 saturated carbocycles. The van der Waals surface area contributed by atoms with Crippen LogP contribution in [0, 0.1) is 6.07 Å². The van der Waals surface area contributed by atoms with Crippen molar-refractivity contribution in [3.63, 3.8) is 0 Å². The van der Waals surface area contributed by atoms with Crippen LogP contribution in [0.3, 0.4) is 0 Å². The molecule has 79 valence electrons. The molecular weight excluding hydrogens is 200 g/mol. The second-order valence-corrected chi connectivity index (χ2v) is 3.31. The van der Waals surface area contributed by atoms with Gasteiger partial charge in [0.15, 0.2) is 0 Å². The van der Waals surface area contributed by atoms with Crippen LogP contribution in [0.15, 0.2) is 48.5 Å². The van der Waals surface area contributed by atoms with Crippen molar-refractivity contribution in [3.05, 3.63) is 60.2 Å². The first kappa shape index (κ1) is 10.4. The lowest BCUT2D eigenvalue weighted by Crippen LogP contribution is -2.03. The fourth-order valence-corrected chi connectivity index (χ4v) is 1.57. The summed E-state index contributed by atoms with van der Waals surface area (Å²) in [7, 11) is 1.38. The Morgan fingerprint density at radius 2 is 1.88 bits per heavy atom. The second-order valence-electron chi connectivity index (χ2n) is 3.31. The quantitative estimate of drug-likeness (QED) is 0.714. The first-order valence-electron chi connectivity index (χ1n) is 4.97. The zero-order valence-electron chi connectivity index (χ0n) is 8.94. The number of benzene rings is 2. The van der Waals surface area contributed by atoms with Crippen molar-refractivity contribution in [1.82, 2.24) is 0 Å². The SMILES string of the molecule is COC(=O)c1ccccc1-c1[c]cccc1. The van der Waals surface area contributed by atoms with Gasteiger partial charge >= 0.3 is 5.97 Å². The maximum Gasteiger partial charge on any atom is 0.338 e. The molecule has 2 rings (SSSR count). The van der Waals surface area contributed by atoms with Gasteiger partial charge in [-0.3, -0.25) is 0 Å². The molecule has 0 aliphatic carbocycles. The number of methoxy groups -OCH3 is 1. The van der Waals surface area contributed by atoms with Crippen LogP contribution in [0.25, 0.3) is 11.1 Å². The molecule has 0 heterocycles. The number of hydrogen-bond acceptors (Lipinski definition) is 2. The van der Waals surface area contributed by atoms with E-state index in [2.05, 4.69) is 6.07 Å². The number of carbonyl (C=O) groups excluding carboxylic acids is 1. The van der Waals surface area contributed by atoms with Crippen LogP contribution in [-0.2, 0) is 4.74 Å². The van der Waals surface area contributed by atoms with Crippen molar-refractivity contribution in [2.45, 2.75) is 0 Å². The molecule has 0 aromatic heterocycles. The minimum absolute atomic E-state index is 0.326. The summed E-state index contributed by atoms with van der Waals surface area (Å²) in [5.41, 5.74) is 2.30. The molecule has 0 fully saturated rings. The Hall–Kier alpha value is -2.09. The minimum atomic E-state index is -0.326. The second kappa shape index (κ2) is 4.62. The van der Waals surface area contributed by atoms with Gasteiger partial charge in [-0.15, -0.1) is 0 Å². The van der Waals surface area contributed by atoms with E-state index in [0.717, 1.165) is 11.1 Å². The number of hydrogen-bond donors (Lipinski definition) is 0. The van der Waals surface area contributed by atoms with E-state index >= 15 is 0 Å². The van der Waals surface area contributed by atoms with E-state index in [4.69, 9.17) is 4.74 Å². The molecule has 1 radical (unpaired) electrons. The molecule has 2 heteroatoms. The third-order valence-electron chi connectivity index (χ3n) is 2.33. The van der Waals surface area contributed by atoms with E-state index in [0.29, 0.717) is 5.56 Å². The third kappa shape index (κ3) is 1.96. The maximum absolute atomic E-state index is 11.6. The summed E-state index contributed by atoms with van der Waals surface area (Å²) in [6.45, 7) is 0. The number of rotatable bonds is 2.